The van der Waals surface area contributed by atoms with Gasteiger partial charge >= 0.3 is 57.4 Å². The molecule has 0 saturated heterocycles. The zero-order chi connectivity index (χ0) is 29.8. The van der Waals surface area contributed by atoms with E-state index in [2.05, 4.69) is 36.4 Å². The Kier molecular flexibility index (Phi) is 22.9. The summed E-state index contributed by atoms with van der Waals surface area (Å²) >= 11 is 0. The molecule has 4 rings (SSSR count). The Morgan fingerprint density at radius 2 is 1.05 bits per heavy atom. The minimum absolute atomic E-state index is 0. The number of hydrogen-bond acceptors (Lipinski definition) is 6. The molecule has 2 fully saturated rings. The molecule has 230 valence electrons. The molecule has 4 N–H and O–H groups in total. The van der Waals surface area contributed by atoms with Crippen molar-refractivity contribution in [3.63, 3.8) is 0 Å². The molecule has 2 aromatic carbocycles. The molecule has 0 aromatic heterocycles. The molecule has 0 unspecified atom stereocenters. The summed E-state index contributed by atoms with van der Waals surface area (Å²) in [5, 5.41) is 43.3. The van der Waals surface area contributed by atoms with E-state index < -0.39 is 11.9 Å². The van der Waals surface area contributed by atoms with Gasteiger partial charge in [0.25, 0.3) is 0 Å². The van der Waals surface area contributed by atoms with Gasteiger partial charge in [0.05, 0.1) is 31.8 Å². The molecule has 2 saturated carbocycles. The summed E-state index contributed by atoms with van der Waals surface area (Å²) in [5.74, 6) is -1.20. The second kappa shape index (κ2) is 23.7. The van der Waals surface area contributed by atoms with Crippen molar-refractivity contribution in [2.24, 2.45) is 5.92 Å². The number of aliphatic carboxylic acids is 1. The fraction of sp³-hybridized carbons (Fsp3) is 0.571. The molecule has 0 bridgehead atoms. The number of hydrogen-bond donors (Lipinski definition) is 3. The van der Waals surface area contributed by atoms with Crippen LogP contribution in [0.4, 0.5) is 0 Å². The number of carbonyl (C=O) groups is 1. The fourth-order valence-corrected chi connectivity index (χ4v) is 6.56. The first kappa shape index (κ1) is 41.4. The predicted octanol–water partition coefficient (Wildman–Crippen LogP) is 4.27. The SMILES string of the molecule is N#CC(C#N)C1(c2ccccc2)CCCCCCC1.O=C(O)CC1(c2ccccc2)CCCCCCC1.OCCO.[K+].[OH-]. The van der Waals surface area contributed by atoms with Gasteiger partial charge in [-0.1, -0.05) is 125 Å². The van der Waals surface area contributed by atoms with E-state index in [-0.39, 0.29) is 87.3 Å². The second-order valence-electron chi connectivity index (χ2n) is 11.4. The first-order valence-electron chi connectivity index (χ1n) is 15.3. The van der Waals surface area contributed by atoms with Gasteiger partial charge in [-0.05, 0) is 36.8 Å². The molecule has 8 heteroatoms. The second-order valence-corrected chi connectivity index (χ2v) is 11.4. The van der Waals surface area contributed by atoms with E-state index in [1.807, 2.05) is 36.4 Å². The summed E-state index contributed by atoms with van der Waals surface area (Å²) in [5.41, 5.74) is 2.00. The molecule has 0 atom stereocenters. The Bertz CT molecular complexity index is 1050. The molecule has 0 radical (unpaired) electrons. The molecule has 0 aliphatic heterocycles. The Balaban J connectivity index is 0.000000702. The summed E-state index contributed by atoms with van der Waals surface area (Å²) in [6.07, 6.45) is 16.3. The summed E-state index contributed by atoms with van der Waals surface area (Å²) < 4.78 is 0. The number of nitrogens with zero attached hydrogens (tertiary/aromatic N) is 2. The van der Waals surface area contributed by atoms with Crippen LogP contribution in [0.3, 0.4) is 0 Å². The van der Waals surface area contributed by atoms with Crippen LogP contribution in [0.25, 0.3) is 0 Å². The van der Waals surface area contributed by atoms with Gasteiger partial charge in [0.2, 0.25) is 0 Å². The molecule has 0 spiro atoms. The van der Waals surface area contributed by atoms with E-state index in [4.69, 9.17) is 10.2 Å². The monoisotopic (exact) mass is 616 g/mol. The molecule has 2 aromatic rings. The van der Waals surface area contributed by atoms with Gasteiger partial charge in [-0.25, -0.2) is 0 Å². The van der Waals surface area contributed by atoms with E-state index in [1.54, 1.807) is 0 Å². The van der Waals surface area contributed by atoms with Gasteiger partial charge in [0, 0.05) is 10.8 Å². The summed E-state index contributed by atoms with van der Waals surface area (Å²) in [4.78, 5) is 11.2. The van der Waals surface area contributed by atoms with Crippen molar-refractivity contribution < 1.29 is 77.0 Å². The zero-order valence-electron chi connectivity index (χ0n) is 26.0. The van der Waals surface area contributed by atoms with Crippen molar-refractivity contribution in [2.45, 2.75) is 107 Å². The van der Waals surface area contributed by atoms with Gasteiger partial charge in [-0.2, -0.15) is 10.5 Å². The maximum Gasteiger partial charge on any atom is 1.00 e. The number of rotatable bonds is 6. The molecular weight excluding hydrogens is 567 g/mol. The van der Waals surface area contributed by atoms with Crippen LogP contribution in [0.15, 0.2) is 60.7 Å². The van der Waals surface area contributed by atoms with E-state index >= 15 is 0 Å². The molecule has 43 heavy (non-hydrogen) atoms. The van der Waals surface area contributed by atoms with Gasteiger partial charge in [0.1, 0.15) is 5.92 Å². The van der Waals surface area contributed by atoms with E-state index in [1.165, 1.54) is 49.7 Å². The van der Waals surface area contributed by atoms with Crippen LogP contribution < -0.4 is 51.4 Å². The first-order valence-corrected chi connectivity index (χ1v) is 15.3. The van der Waals surface area contributed by atoms with Gasteiger partial charge in [-0.15, -0.1) is 0 Å². The molecule has 0 amide bonds. The Labute approximate surface area is 301 Å². The third-order valence-electron chi connectivity index (χ3n) is 8.69. The normalized spacial score (nSPS) is 17.3. The molecule has 7 nitrogen and oxygen atoms in total. The van der Waals surface area contributed by atoms with Crippen LogP contribution in [-0.2, 0) is 15.6 Å². The third-order valence-corrected chi connectivity index (χ3v) is 8.69. The van der Waals surface area contributed by atoms with Crippen molar-refractivity contribution in [3.05, 3.63) is 71.8 Å². The minimum Gasteiger partial charge on any atom is -0.870 e. The summed E-state index contributed by atoms with van der Waals surface area (Å²) in [7, 11) is 0. The predicted molar refractivity (Wildman–Crippen MR) is 164 cm³/mol. The largest absolute Gasteiger partial charge is 1.00 e. The van der Waals surface area contributed by atoms with Crippen LogP contribution in [0, 0.1) is 28.6 Å². The van der Waals surface area contributed by atoms with E-state index in [0.29, 0.717) is 0 Å². The van der Waals surface area contributed by atoms with Crippen molar-refractivity contribution in [1.82, 2.24) is 0 Å². The number of aliphatic hydroxyl groups is 2. The number of benzene rings is 2. The summed E-state index contributed by atoms with van der Waals surface area (Å²) in [6, 6.07) is 24.9. The molecule has 0 heterocycles. The van der Waals surface area contributed by atoms with Crippen molar-refractivity contribution in [2.75, 3.05) is 13.2 Å². The summed E-state index contributed by atoms with van der Waals surface area (Å²) in [6.45, 7) is -0.250. The maximum absolute atomic E-state index is 11.2. The smallest absolute Gasteiger partial charge is 0.870 e. The van der Waals surface area contributed by atoms with Crippen LogP contribution in [0.2, 0.25) is 0 Å². The Morgan fingerprint density at radius 1 is 0.674 bits per heavy atom. The Morgan fingerprint density at radius 3 is 1.42 bits per heavy atom. The van der Waals surface area contributed by atoms with E-state index in [0.717, 1.165) is 51.4 Å². The maximum atomic E-state index is 11.2. The Hall–Kier alpha value is -1.59. The van der Waals surface area contributed by atoms with Crippen molar-refractivity contribution in [1.29, 1.82) is 10.5 Å². The number of carboxylic acid groups (broad SMARTS) is 1. The topological polar surface area (TPSA) is 155 Å². The number of nitriles is 2. The minimum atomic E-state index is -0.667. The zero-order valence-corrected chi connectivity index (χ0v) is 29.1. The average molecular weight is 617 g/mol. The molecular formula is C35H49KN2O5. The number of carboxylic acids is 1. The quantitative estimate of drug-likeness (QED) is 0.409. The van der Waals surface area contributed by atoms with E-state index in [9.17, 15) is 20.4 Å². The molecule has 2 aliphatic rings. The molecule has 2 aliphatic carbocycles. The fourth-order valence-electron chi connectivity index (χ4n) is 6.56. The van der Waals surface area contributed by atoms with Gasteiger partial charge in [-0.3, -0.25) is 4.79 Å². The average Bonchev–Trinajstić information content (AvgIpc) is 2.97. The van der Waals surface area contributed by atoms with Crippen LogP contribution in [0.5, 0.6) is 0 Å². The van der Waals surface area contributed by atoms with Gasteiger partial charge < -0.3 is 20.8 Å². The van der Waals surface area contributed by atoms with Crippen LogP contribution in [-0.4, -0.2) is 40.0 Å². The third kappa shape index (κ3) is 13.5. The number of aliphatic hydroxyl groups excluding tert-OH is 2. The van der Waals surface area contributed by atoms with Gasteiger partial charge in [0.15, 0.2) is 0 Å². The van der Waals surface area contributed by atoms with Crippen molar-refractivity contribution in [3.8, 4) is 12.1 Å². The standard InChI is InChI=1S/C17H20N2.C16H22O2.C2H6O2.K.H2O/c18-13-16(14-19)17(15-9-5-4-6-10-15)11-7-2-1-3-8-12-17;17-15(18)13-16(14-9-5-4-6-10-14)11-7-2-1-3-8-12-16;3-1-2-4;;/h4-6,9-10,16H,1-3,7-8,11-12H2;4-6,9-10H,1-3,7-8,11-13H2,(H,17,18);3-4H,1-2H2;;1H2/q;;;+1;/p-1. The van der Waals surface area contributed by atoms with Crippen LogP contribution >= 0.6 is 0 Å². The van der Waals surface area contributed by atoms with Crippen LogP contribution in [0.1, 0.15) is 107 Å². The van der Waals surface area contributed by atoms with Crippen molar-refractivity contribution >= 4 is 5.97 Å². The first-order chi connectivity index (χ1) is 20.0.